The van der Waals surface area contributed by atoms with E-state index in [1.54, 1.807) is 6.07 Å². The number of nitrogens with one attached hydrogen (secondary N) is 1. The van der Waals surface area contributed by atoms with Crippen LogP contribution in [-0.2, 0) is 0 Å². The molecule has 1 rings (SSSR count). The molecule has 1 aromatic heterocycles. The Labute approximate surface area is 96.2 Å². The van der Waals surface area contributed by atoms with Crippen molar-refractivity contribution in [1.82, 2.24) is 10.4 Å². The minimum Gasteiger partial charge on any atom is -0.271 e. The third-order valence-electron chi connectivity index (χ3n) is 2.58. The van der Waals surface area contributed by atoms with Crippen molar-refractivity contribution in [2.24, 2.45) is 11.8 Å². The predicted octanol–water partition coefficient (Wildman–Crippen LogP) is 2.55. The first-order valence-corrected chi connectivity index (χ1v) is 5.71. The minimum atomic E-state index is -0.318. The Hall–Kier alpha value is -1.00. The van der Waals surface area contributed by atoms with E-state index in [2.05, 4.69) is 24.3 Å². The van der Waals surface area contributed by atoms with E-state index in [1.165, 1.54) is 18.7 Å². The predicted molar refractivity (Wildman–Crippen MR) is 62.9 cm³/mol. The fourth-order valence-electron chi connectivity index (χ4n) is 1.64. The maximum atomic E-state index is 12.7. The van der Waals surface area contributed by atoms with Crippen LogP contribution in [0.4, 0.5) is 4.39 Å². The zero-order valence-corrected chi connectivity index (χ0v) is 9.91. The molecule has 0 saturated carbocycles. The number of rotatable bonds is 6. The van der Waals surface area contributed by atoms with Crippen LogP contribution >= 0.6 is 0 Å². The van der Waals surface area contributed by atoms with Crippen LogP contribution in [0.5, 0.6) is 0 Å². The van der Waals surface area contributed by atoms with Crippen LogP contribution in [0.25, 0.3) is 0 Å². The lowest BCUT2D eigenvalue weighted by atomic mass is 10.0. The highest BCUT2D eigenvalue weighted by Crippen LogP contribution is 2.18. The summed E-state index contributed by atoms with van der Waals surface area (Å²) in [6.07, 6.45) is 4.40. The lowest BCUT2D eigenvalue weighted by Crippen LogP contribution is -2.28. The summed E-state index contributed by atoms with van der Waals surface area (Å²) in [5, 5.41) is 0. The summed E-state index contributed by atoms with van der Waals surface area (Å²) in [4.78, 5) is 4.03. The molecule has 0 aliphatic heterocycles. The second kappa shape index (κ2) is 6.55. The first kappa shape index (κ1) is 13.1. The summed E-state index contributed by atoms with van der Waals surface area (Å²) >= 11 is 0. The molecule has 0 saturated heterocycles. The summed E-state index contributed by atoms with van der Waals surface area (Å²) < 4.78 is 12.7. The van der Waals surface area contributed by atoms with Crippen LogP contribution < -0.4 is 11.3 Å². The monoisotopic (exact) mass is 225 g/mol. The van der Waals surface area contributed by atoms with Gasteiger partial charge in [0.05, 0.1) is 17.9 Å². The zero-order valence-electron chi connectivity index (χ0n) is 9.91. The molecule has 3 nitrogen and oxygen atoms in total. The van der Waals surface area contributed by atoms with Gasteiger partial charge in [-0.3, -0.25) is 16.3 Å². The summed E-state index contributed by atoms with van der Waals surface area (Å²) in [5.74, 6) is 5.85. The van der Waals surface area contributed by atoms with Gasteiger partial charge >= 0.3 is 0 Å². The van der Waals surface area contributed by atoms with E-state index in [0.717, 1.165) is 18.5 Å². The summed E-state index contributed by atoms with van der Waals surface area (Å²) in [6.45, 7) is 4.39. The highest BCUT2D eigenvalue weighted by Gasteiger charge is 2.10. The average Bonchev–Trinajstić information content (AvgIpc) is 2.26. The van der Waals surface area contributed by atoms with Crippen LogP contribution in [0.2, 0.25) is 0 Å². The lowest BCUT2D eigenvalue weighted by Gasteiger charge is -2.15. The summed E-state index contributed by atoms with van der Waals surface area (Å²) in [5.41, 5.74) is 3.53. The second-order valence-corrected chi connectivity index (χ2v) is 4.45. The molecule has 90 valence electrons. The van der Waals surface area contributed by atoms with Crippen molar-refractivity contribution in [3.63, 3.8) is 0 Å². The second-order valence-electron chi connectivity index (χ2n) is 4.45. The van der Waals surface area contributed by atoms with Crippen molar-refractivity contribution in [1.29, 1.82) is 0 Å². The Morgan fingerprint density at radius 1 is 1.38 bits per heavy atom. The quantitative estimate of drug-likeness (QED) is 0.578. The number of nitrogens with two attached hydrogens (primary N) is 1. The van der Waals surface area contributed by atoms with Gasteiger partial charge in [0.2, 0.25) is 0 Å². The van der Waals surface area contributed by atoms with Crippen molar-refractivity contribution < 1.29 is 4.39 Å². The molecule has 1 heterocycles. The van der Waals surface area contributed by atoms with Gasteiger partial charge in [-0.2, -0.15) is 0 Å². The first-order valence-electron chi connectivity index (χ1n) is 5.71. The zero-order chi connectivity index (χ0) is 12.0. The van der Waals surface area contributed by atoms with E-state index in [9.17, 15) is 4.39 Å². The van der Waals surface area contributed by atoms with Crippen molar-refractivity contribution >= 4 is 0 Å². The molecule has 16 heavy (non-hydrogen) atoms. The van der Waals surface area contributed by atoms with Gasteiger partial charge in [0.15, 0.2) is 0 Å². The number of hydrazine groups is 1. The number of pyridine rings is 1. The number of hydrogen-bond acceptors (Lipinski definition) is 3. The number of hydrogen-bond donors (Lipinski definition) is 2. The van der Waals surface area contributed by atoms with E-state index >= 15 is 0 Å². The van der Waals surface area contributed by atoms with Gasteiger partial charge in [0, 0.05) is 0 Å². The molecule has 4 heteroatoms. The molecule has 0 bridgehead atoms. The van der Waals surface area contributed by atoms with E-state index < -0.39 is 0 Å². The van der Waals surface area contributed by atoms with Crippen molar-refractivity contribution in [3.05, 3.63) is 29.8 Å². The molecule has 1 unspecified atom stereocenters. The molecule has 1 aromatic rings. The lowest BCUT2D eigenvalue weighted by molar-refractivity contribution is 0.447. The molecule has 0 spiro atoms. The Bertz CT molecular complexity index is 298. The van der Waals surface area contributed by atoms with Crippen LogP contribution in [0.15, 0.2) is 18.3 Å². The molecular formula is C12H20FN3. The summed E-state index contributed by atoms with van der Waals surface area (Å²) in [6, 6.07) is 3.10. The molecular weight excluding hydrogens is 205 g/mol. The summed E-state index contributed by atoms with van der Waals surface area (Å²) in [7, 11) is 0. The minimum absolute atomic E-state index is 0.0133. The van der Waals surface area contributed by atoms with E-state index in [1.807, 2.05) is 0 Å². The van der Waals surface area contributed by atoms with Crippen LogP contribution in [0, 0.1) is 11.7 Å². The van der Waals surface area contributed by atoms with E-state index in [-0.39, 0.29) is 11.9 Å². The third-order valence-corrected chi connectivity index (χ3v) is 2.58. The van der Waals surface area contributed by atoms with E-state index in [0.29, 0.717) is 5.92 Å². The van der Waals surface area contributed by atoms with Crippen LogP contribution in [0.3, 0.4) is 0 Å². The van der Waals surface area contributed by atoms with Gasteiger partial charge in [-0.25, -0.2) is 4.39 Å². The number of aromatic nitrogens is 1. The van der Waals surface area contributed by atoms with Gasteiger partial charge < -0.3 is 0 Å². The first-order chi connectivity index (χ1) is 7.63. The Morgan fingerprint density at radius 2 is 2.12 bits per heavy atom. The van der Waals surface area contributed by atoms with Gasteiger partial charge in [0.1, 0.15) is 5.82 Å². The van der Waals surface area contributed by atoms with Gasteiger partial charge in [-0.05, 0) is 24.5 Å². The maximum absolute atomic E-state index is 12.7. The van der Waals surface area contributed by atoms with Crippen molar-refractivity contribution in [2.45, 2.75) is 39.2 Å². The molecule has 0 radical (unpaired) electrons. The van der Waals surface area contributed by atoms with E-state index in [4.69, 9.17) is 5.84 Å². The third kappa shape index (κ3) is 4.24. The van der Waals surface area contributed by atoms with Crippen molar-refractivity contribution in [3.8, 4) is 0 Å². The van der Waals surface area contributed by atoms with Gasteiger partial charge in [0.25, 0.3) is 0 Å². The molecule has 0 aliphatic carbocycles. The Kier molecular flexibility index (Phi) is 5.35. The molecule has 1 atom stereocenters. The Balaban J connectivity index is 2.50. The standard InChI is InChI=1S/C12H20FN3/c1-9(2)4-3-5-12(16-14)11-7-6-10(13)8-15-11/h6-9,12,16H,3-5,14H2,1-2H3. The Morgan fingerprint density at radius 3 is 2.62 bits per heavy atom. The highest BCUT2D eigenvalue weighted by atomic mass is 19.1. The normalized spacial score (nSPS) is 13.1. The average molecular weight is 225 g/mol. The van der Waals surface area contributed by atoms with Crippen LogP contribution in [-0.4, -0.2) is 4.98 Å². The fraction of sp³-hybridized carbons (Fsp3) is 0.583. The molecule has 0 amide bonds. The molecule has 0 fully saturated rings. The topological polar surface area (TPSA) is 50.9 Å². The van der Waals surface area contributed by atoms with Gasteiger partial charge in [-0.15, -0.1) is 0 Å². The highest BCUT2D eigenvalue weighted by molar-refractivity contribution is 5.09. The maximum Gasteiger partial charge on any atom is 0.141 e. The molecule has 0 aliphatic rings. The number of nitrogens with zero attached hydrogens (tertiary/aromatic N) is 1. The largest absolute Gasteiger partial charge is 0.271 e. The smallest absolute Gasteiger partial charge is 0.141 e. The SMILES string of the molecule is CC(C)CCCC(NN)c1ccc(F)cn1. The fourth-order valence-corrected chi connectivity index (χ4v) is 1.64. The number of halogens is 1. The van der Waals surface area contributed by atoms with Crippen LogP contribution in [0.1, 0.15) is 44.8 Å². The molecule has 3 N–H and O–H groups in total. The van der Waals surface area contributed by atoms with Gasteiger partial charge in [-0.1, -0.05) is 26.7 Å². The molecule has 0 aromatic carbocycles. The van der Waals surface area contributed by atoms with Crippen molar-refractivity contribution in [2.75, 3.05) is 0 Å².